The van der Waals surface area contributed by atoms with Gasteiger partial charge in [0.2, 0.25) is 0 Å². The number of sulfonamides is 1. The Kier molecular flexibility index (Phi) is 3.44. The number of hydrogen-bond acceptors (Lipinski definition) is 3. The van der Waals surface area contributed by atoms with Crippen molar-refractivity contribution in [1.29, 1.82) is 0 Å². The van der Waals surface area contributed by atoms with Crippen LogP contribution in [-0.2, 0) is 10.0 Å². The molecule has 0 saturated heterocycles. The molecular formula is C13H13FN2O2S. The van der Waals surface area contributed by atoms with Crippen molar-refractivity contribution in [2.24, 2.45) is 0 Å². The molecule has 0 unspecified atom stereocenters. The summed E-state index contributed by atoms with van der Waals surface area (Å²) in [6.07, 6.45) is 0. The Morgan fingerprint density at radius 2 is 1.74 bits per heavy atom. The highest BCUT2D eigenvalue weighted by Gasteiger charge is 2.23. The Labute approximate surface area is 111 Å². The Bertz CT molecular complexity index is 687. The van der Waals surface area contributed by atoms with Gasteiger partial charge in [0.25, 0.3) is 10.0 Å². The second-order valence-electron chi connectivity index (χ2n) is 3.99. The summed E-state index contributed by atoms with van der Waals surface area (Å²) in [6.45, 7) is 0. The van der Waals surface area contributed by atoms with Gasteiger partial charge in [-0.2, -0.15) is 0 Å². The molecule has 19 heavy (non-hydrogen) atoms. The minimum absolute atomic E-state index is 0.109. The zero-order chi connectivity index (χ0) is 14.0. The molecule has 2 N–H and O–H groups in total. The Balaban J connectivity index is 2.48. The third-order valence-electron chi connectivity index (χ3n) is 2.73. The van der Waals surface area contributed by atoms with Gasteiger partial charge in [0.15, 0.2) is 0 Å². The van der Waals surface area contributed by atoms with Crippen LogP contribution in [-0.4, -0.2) is 15.5 Å². The Hall–Kier alpha value is -2.08. The molecule has 0 saturated carbocycles. The van der Waals surface area contributed by atoms with E-state index in [1.807, 2.05) is 0 Å². The predicted octanol–water partition coefficient (Wildman–Crippen LogP) is 2.23. The predicted molar refractivity (Wildman–Crippen MR) is 72.8 cm³/mol. The largest absolute Gasteiger partial charge is 0.398 e. The molecule has 0 aliphatic heterocycles. The smallest absolute Gasteiger partial charge is 0.266 e. The number of nitrogen functional groups attached to an aromatic ring is 1. The lowest BCUT2D eigenvalue weighted by Gasteiger charge is -2.20. The van der Waals surface area contributed by atoms with Crippen molar-refractivity contribution in [3.8, 4) is 0 Å². The van der Waals surface area contributed by atoms with E-state index in [4.69, 9.17) is 5.73 Å². The number of halogens is 1. The van der Waals surface area contributed by atoms with Gasteiger partial charge in [-0.25, -0.2) is 12.8 Å². The highest BCUT2D eigenvalue weighted by Crippen LogP contribution is 2.26. The number of para-hydroxylation sites is 1. The summed E-state index contributed by atoms with van der Waals surface area (Å²) >= 11 is 0. The highest BCUT2D eigenvalue weighted by molar-refractivity contribution is 7.93. The molecule has 0 spiro atoms. The molecule has 0 aromatic heterocycles. The fraction of sp³-hybridized carbons (Fsp3) is 0.0769. The lowest BCUT2D eigenvalue weighted by molar-refractivity contribution is 0.593. The molecule has 2 aromatic carbocycles. The van der Waals surface area contributed by atoms with Gasteiger partial charge in [-0.15, -0.1) is 0 Å². The quantitative estimate of drug-likeness (QED) is 0.877. The van der Waals surface area contributed by atoms with Gasteiger partial charge in [-0.3, -0.25) is 4.31 Å². The second-order valence-corrected chi connectivity index (χ2v) is 5.93. The highest BCUT2D eigenvalue weighted by atomic mass is 32.2. The van der Waals surface area contributed by atoms with Crippen molar-refractivity contribution in [2.75, 3.05) is 17.1 Å². The van der Waals surface area contributed by atoms with Crippen molar-refractivity contribution in [3.63, 3.8) is 0 Å². The monoisotopic (exact) mass is 280 g/mol. The first-order valence-electron chi connectivity index (χ1n) is 5.52. The van der Waals surface area contributed by atoms with Crippen LogP contribution in [0, 0.1) is 5.82 Å². The molecule has 0 bridgehead atoms. The number of nitrogens with zero attached hydrogens (tertiary/aromatic N) is 1. The zero-order valence-corrected chi connectivity index (χ0v) is 11.1. The molecule has 0 radical (unpaired) electrons. The molecule has 0 fully saturated rings. The minimum Gasteiger partial charge on any atom is -0.398 e. The Morgan fingerprint density at radius 1 is 1.11 bits per heavy atom. The molecule has 6 heteroatoms. The van der Waals surface area contributed by atoms with E-state index in [0.717, 1.165) is 16.4 Å². The van der Waals surface area contributed by atoms with Crippen LogP contribution in [0.25, 0.3) is 0 Å². The van der Waals surface area contributed by atoms with Gasteiger partial charge >= 0.3 is 0 Å². The minimum atomic E-state index is -3.80. The average Bonchev–Trinajstić information content (AvgIpc) is 2.38. The fourth-order valence-electron chi connectivity index (χ4n) is 1.68. The standard InChI is InChI=1S/C13H13FN2O2S/c1-16(11-5-3-2-4-6-11)19(17,18)13-8-7-10(14)9-12(13)15/h2-9H,15H2,1H3. The van der Waals surface area contributed by atoms with Crippen LogP contribution >= 0.6 is 0 Å². The summed E-state index contributed by atoms with van der Waals surface area (Å²) in [6, 6.07) is 11.8. The molecule has 100 valence electrons. The lowest BCUT2D eigenvalue weighted by atomic mass is 10.3. The van der Waals surface area contributed by atoms with Crippen molar-refractivity contribution < 1.29 is 12.8 Å². The molecule has 0 aliphatic rings. The van der Waals surface area contributed by atoms with Gasteiger partial charge < -0.3 is 5.73 Å². The second kappa shape index (κ2) is 4.89. The third kappa shape index (κ3) is 2.53. The van der Waals surface area contributed by atoms with Crippen LogP contribution in [0.1, 0.15) is 0 Å². The first-order valence-corrected chi connectivity index (χ1v) is 6.96. The summed E-state index contributed by atoms with van der Waals surface area (Å²) in [5.41, 5.74) is 5.97. The van der Waals surface area contributed by atoms with Crippen LogP contribution in [0.2, 0.25) is 0 Å². The van der Waals surface area contributed by atoms with Crippen LogP contribution in [0.15, 0.2) is 53.4 Å². The number of anilines is 2. The van der Waals surface area contributed by atoms with Gasteiger partial charge in [0.1, 0.15) is 10.7 Å². The molecule has 2 aromatic rings. The first-order chi connectivity index (χ1) is 8.93. The normalized spacial score (nSPS) is 11.3. The molecule has 0 atom stereocenters. The fourth-order valence-corrected chi connectivity index (χ4v) is 2.97. The number of hydrogen-bond donors (Lipinski definition) is 1. The van der Waals surface area contributed by atoms with E-state index in [-0.39, 0.29) is 10.6 Å². The van der Waals surface area contributed by atoms with E-state index in [0.29, 0.717) is 5.69 Å². The topological polar surface area (TPSA) is 63.4 Å². The third-order valence-corrected chi connectivity index (χ3v) is 4.59. The van der Waals surface area contributed by atoms with Crippen LogP contribution < -0.4 is 10.0 Å². The van der Waals surface area contributed by atoms with Crippen LogP contribution in [0.4, 0.5) is 15.8 Å². The summed E-state index contributed by atoms with van der Waals surface area (Å²) < 4.78 is 38.9. The summed E-state index contributed by atoms with van der Waals surface area (Å²) in [5.74, 6) is -0.571. The summed E-state index contributed by atoms with van der Waals surface area (Å²) in [5, 5.41) is 0. The van der Waals surface area contributed by atoms with Gasteiger partial charge in [0.05, 0.1) is 11.4 Å². The van der Waals surface area contributed by atoms with E-state index < -0.39 is 15.8 Å². The van der Waals surface area contributed by atoms with E-state index in [2.05, 4.69) is 0 Å². The van der Waals surface area contributed by atoms with E-state index >= 15 is 0 Å². The SMILES string of the molecule is CN(c1ccccc1)S(=O)(=O)c1ccc(F)cc1N. The number of nitrogens with two attached hydrogens (primary N) is 1. The summed E-state index contributed by atoms with van der Waals surface area (Å²) in [7, 11) is -2.37. The number of benzene rings is 2. The van der Waals surface area contributed by atoms with E-state index in [9.17, 15) is 12.8 Å². The lowest BCUT2D eigenvalue weighted by Crippen LogP contribution is -2.27. The van der Waals surface area contributed by atoms with Crippen molar-refractivity contribution >= 4 is 21.4 Å². The maximum Gasteiger partial charge on any atom is 0.266 e. The van der Waals surface area contributed by atoms with Crippen molar-refractivity contribution in [3.05, 3.63) is 54.3 Å². The van der Waals surface area contributed by atoms with Gasteiger partial charge in [0, 0.05) is 7.05 Å². The molecule has 0 amide bonds. The van der Waals surface area contributed by atoms with Crippen molar-refractivity contribution in [2.45, 2.75) is 4.90 Å². The van der Waals surface area contributed by atoms with E-state index in [1.54, 1.807) is 30.3 Å². The maximum atomic E-state index is 13.0. The zero-order valence-electron chi connectivity index (χ0n) is 10.2. The Morgan fingerprint density at radius 3 is 2.32 bits per heavy atom. The summed E-state index contributed by atoms with van der Waals surface area (Å²) in [4.78, 5) is -0.111. The van der Waals surface area contributed by atoms with Crippen molar-refractivity contribution in [1.82, 2.24) is 0 Å². The van der Waals surface area contributed by atoms with Gasteiger partial charge in [-0.05, 0) is 30.3 Å². The maximum absolute atomic E-state index is 13.0. The van der Waals surface area contributed by atoms with Gasteiger partial charge in [-0.1, -0.05) is 18.2 Å². The first kappa shape index (κ1) is 13.4. The molecule has 0 heterocycles. The number of rotatable bonds is 3. The average molecular weight is 280 g/mol. The van der Waals surface area contributed by atoms with Crippen LogP contribution in [0.5, 0.6) is 0 Å². The molecule has 2 rings (SSSR count). The van der Waals surface area contributed by atoms with E-state index in [1.165, 1.54) is 13.1 Å². The molecule has 4 nitrogen and oxygen atoms in total. The van der Waals surface area contributed by atoms with Crippen LogP contribution in [0.3, 0.4) is 0 Å². The molecular weight excluding hydrogens is 267 g/mol. The molecule has 0 aliphatic carbocycles.